The van der Waals surface area contributed by atoms with Gasteiger partial charge in [-0.3, -0.25) is 9.79 Å². The van der Waals surface area contributed by atoms with Crippen LogP contribution in [0.3, 0.4) is 0 Å². The Morgan fingerprint density at radius 3 is 2.86 bits per heavy atom. The zero-order chi connectivity index (χ0) is 13.9. The minimum atomic E-state index is 0. The van der Waals surface area contributed by atoms with Gasteiger partial charge in [0.1, 0.15) is 0 Å². The second-order valence-electron chi connectivity index (χ2n) is 5.41. The van der Waals surface area contributed by atoms with Crippen LogP contribution < -0.4 is 16.0 Å². The number of fused-ring (bicyclic) bond motifs is 1. The van der Waals surface area contributed by atoms with Gasteiger partial charge in [-0.1, -0.05) is 18.2 Å². The average Bonchev–Trinajstić information content (AvgIpc) is 3.26. The van der Waals surface area contributed by atoms with Crippen LogP contribution in [0, 0.1) is 0 Å². The molecule has 2 aliphatic rings. The first-order valence-corrected chi connectivity index (χ1v) is 7.12. The number of hydrogen-bond acceptors (Lipinski definition) is 2. The molecule has 1 aromatic carbocycles. The average molecular weight is 400 g/mol. The summed E-state index contributed by atoms with van der Waals surface area (Å²) >= 11 is 0. The second kappa shape index (κ2) is 7.11. The summed E-state index contributed by atoms with van der Waals surface area (Å²) in [7, 11) is 1.78. The van der Waals surface area contributed by atoms with Gasteiger partial charge in [0, 0.05) is 37.7 Å². The molecule has 1 fully saturated rings. The van der Waals surface area contributed by atoms with E-state index in [4.69, 9.17) is 0 Å². The summed E-state index contributed by atoms with van der Waals surface area (Å²) < 4.78 is 0. The minimum absolute atomic E-state index is 0. The number of amides is 1. The molecule has 3 rings (SSSR count). The number of hydrogen-bond donors (Lipinski definition) is 3. The molecule has 21 heavy (non-hydrogen) atoms. The van der Waals surface area contributed by atoms with Crippen LogP contribution in [0.15, 0.2) is 29.3 Å². The monoisotopic (exact) mass is 400 g/mol. The molecule has 1 aliphatic heterocycles. The molecule has 1 unspecified atom stereocenters. The van der Waals surface area contributed by atoms with Crippen molar-refractivity contribution in [1.29, 1.82) is 0 Å². The first-order chi connectivity index (χ1) is 9.76. The minimum Gasteiger partial charge on any atom is -0.356 e. The van der Waals surface area contributed by atoms with E-state index in [0.717, 1.165) is 18.2 Å². The van der Waals surface area contributed by atoms with Crippen LogP contribution in [-0.4, -0.2) is 31.5 Å². The van der Waals surface area contributed by atoms with Gasteiger partial charge in [-0.15, -0.1) is 24.0 Å². The molecule has 114 valence electrons. The predicted molar refractivity (Wildman–Crippen MR) is 95.4 cm³/mol. The lowest BCUT2D eigenvalue weighted by molar-refractivity contribution is -0.116. The number of nitrogens with one attached hydrogen (secondary N) is 3. The van der Waals surface area contributed by atoms with E-state index in [1.807, 2.05) is 18.2 Å². The Morgan fingerprint density at radius 2 is 2.14 bits per heavy atom. The van der Waals surface area contributed by atoms with E-state index < -0.39 is 0 Å². The van der Waals surface area contributed by atoms with Gasteiger partial charge in [0.05, 0.1) is 0 Å². The zero-order valence-electron chi connectivity index (χ0n) is 12.1. The summed E-state index contributed by atoms with van der Waals surface area (Å²) in [4.78, 5) is 16.0. The number of aliphatic imine (C=N–C) groups is 1. The number of rotatable bonds is 3. The predicted octanol–water partition coefficient (Wildman–Crippen LogP) is 2.06. The third-order valence-corrected chi connectivity index (χ3v) is 3.76. The van der Waals surface area contributed by atoms with Gasteiger partial charge in [0.25, 0.3) is 0 Å². The lowest BCUT2D eigenvalue weighted by Gasteiger charge is -2.26. The topological polar surface area (TPSA) is 65.5 Å². The normalized spacial score (nSPS) is 20.9. The quantitative estimate of drug-likeness (QED) is 0.414. The maximum Gasteiger partial charge on any atom is 0.225 e. The summed E-state index contributed by atoms with van der Waals surface area (Å²) in [6.45, 7) is 0.719. The highest BCUT2D eigenvalue weighted by molar-refractivity contribution is 14.0. The third-order valence-electron chi connectivity index (χ3n) is 3.76. The van der Waals surface area contributed by atoms with E-state index in [2.05, 4.69) is 27.0 Å². The molecule has 1 atom stereocenters. The number of halogens is 1. The summed E-state index contributed by atoms with van der Waals surface area (Å²) in [6, 6.07) is 8.57. The van der Waals surface area contributed by atoms with Crippen molar-refractivity contribution in [3.63, 3.8) is 0 Å². The van der Waals surface area contributed by atoms with E-state index in [0.29, 0.717) is 12.5 Å². The molecule has 0 radical (unpaired) electrons. The zero-order valence-corrected chi connectivity index (χ0v) is 14.4. The van der Waals surface area contributed by atoms with Crippen LogP contribution in [0.2, 0.25) is 0 Å². The molecule has 0 aromatic heterocycles. The van der Waals surface area contributed by atoms with Crippen molar-refractivity contribution in [2.45, 2.75) is 31.2 Å². The molecule has 0 spiro atoms. The van der Waals surface area contributed by atoms with Gasteiger partial charge in [-0.05, 0) is 24.5 Å². The summed E-state index contributed by atoms with van der Waals surface area (Å²) in [6.07, 6.45) is 2.95. The number of anilines is 1. The standard InChI is InChI=1S/C15H20N4O.HI/c1-16-15(18-11-6-7-11)17-9-10-8-14(20)19-13-5-3-2-4-12(10)13;/h2-5,10-11H,6-9H2,1H3,(H,19,20)(H2,16,17,18);1H. The van der Waals surface area contributed by atoms with Crippen LogP contribution in [0.4, 0.5) is 5.69 Å². The molecular weight excluding hydrogens is 379 g/mol. The maximum atomic E-state index is 11.8. The van der Waals surface area contributed by atoms with E-state index >= 15 is 0 Å². The van der Waals surface area contributed by atoms with E-state index in [-0.39, 0.29) is 35.8 Å². The summed E-state index contributed by atoms with van der Waals surface area (Å²) in [5.41, 5.74) is 2.13. The number of para-hydroxylation sites is 1. The highest BCUT2D eigenvalue weighted by atomic mass is 127. The van der Waals surface area contributed by atoms with Crippen molar-refractivity contribution in [3.8, 4) is 0 Å². The smallest absolute Gasteiger partial charge is 0.225 e. The van der Waals surface area contributed by atoms with E-state index in [9.17, 15) is 4.79 Å². The van der Waals surface area contributed by atoms with Crippen molar-refractivity contribution < 1.29 is 4.79 Å². The molecule has 1 aliphatic carbocycles. The summed E-state index contributed by atoms with van der Waals surface area (Å²) in [5, 5.41) is 9.61. The summed E-state index contributed by atoms with van der Waals surface area (Å²) in [5.74, 6) is 1.11. The molecular formula is C15H21IN4O. The lowest BCUT2D eigenvalue weighted by Crippen LogP contribution is -2.41. The van der Waals surface area contributed by atoms with Crippen molar-refractivity contribution in [2.24, 2.45) is 4.99 Å². The molecule has 1 heterocycles. The Balaban J connectivity index is 0.00000161. The number of guanidine groups is 1. The molecule has 3 N–H and O–H groups in total. The van der Waals surface area contributed by atoms with Crippen LogP contribution in [0.25, 0.3) is 0 Å². The van der Waals surface area contributed by atoms with E-state index in [1.165, 1.54) is 18.4 Å². The van der Waals surface area contributed by atoms with Gasteiger partial charge in [0.15, 0.2) is 5.96 Å². The van der Waals surface area contributed by atoms with Crippen LogP contribution in [-0.2, 0) is 4.79 Å². The molecule has 6 heteroatoms. The Hall–Kier alpha value is -1.31. The van der Waals surface area contributed by atoms with Gasteiger partial charge >= 0.3 is 0 Å². The van der Waals surface area contributed by atoms with Gasteiger partial charge < -0.3 is 16.0 Å². The first kappa shape index (κ1) is 16.1. The van der Waals surface area contributed by atoms with Crippen molar-refractivity contribution in [2.75, 3.05) is 18.9 Å². The fourth-order valence-corrected chi connectivity index (χ4v) is 2.52. The van der Waals surface area contributed by atoms with Crippen LogP contribution >= 0.6 is 24.0 Å². The Labute approximate surface area is 142 Å². The van der Waals surface area contributed by atoms with Gasteiger partial charge in [-0.2, -0.15) is 0 Å². The number of carbonyl (C=O) groups excluding carboxylic acids is 1. The highest BCUT2D eigenvalue weighted by Crippen LogP contribution is 2.31. The Bertz CT molecular complexity index is 542. The first-order valence-electron chi connectivity index (χ1n) is 7.12. The highest BCUT2D eigenvalue weighted by Gasteiger charge is 2.26. The van der Waals surface area contributed by atoms with Crippen molar-refractivity contribution in [1.82, 2.24) is 10.6 Å². The fraction of sp³-hybridized carbons (Fsp3) is 0.467. The largest absolute Gasteiger partial charge is 0.356 e. The fourth-order valence-electron chi connectivity index (χ4n) is 2.52. The third kappa shape index (κ3) is 4.09. The van der Waals surface area contributed by atoms with Gasteiger partial charge in [0.2, 0.25) is 5.91 Å². The second-order valence-corrected chi connectivity index (χ2v) is 5.41. The number of carbonyl (C=O) groups is 1. The van der Waals surface area contributed by atoms with Crippen molar-refractivity contribution >= 4 is 41.5 Å². The molecule has 5 nitrogen and oxygen atoms in total. The number of benzene rings is 1. The Morgan fingerprint density at radius 1 is 1.38 bits per heavy atom. The molecule has 1 aromatic rings. The molecule has 1 saturated carbocycles. The molecule has 0 saturated heterocycles. The van der Waals surface area contributed by atoms with Crippen LogP contribution in [0.5, 0.6) is 0 Å². The SMILES string of the molecule is CN=C(NCC1CC(=O)Nc2ccccc21)NC1CC1.I. The van der Waals surface area contributed by atoms with Gasteiger partial charge in [-0.25, -0.2) is 0 Å². The van der Waals surface area contributed by atoms with Crippen molar-refractivity contribution in [3.05, 3.63) is 29.8 Å². The Kier molecular flexibility index (Phi) is 5.44. The number of nitrogens with zero attached hydrogens (tertiary/aromatic N) is 1. The van der Waals surface area contributed by atoms with E-state index in [1.54, 1.807) is 7.05 Å². The molecule has 0 bridgehead atoms. The maximum absolute atomic E-state index is 11.8. The van der Waals surface area contributed by atoms with Crippen LogP contribution in [0.1, 0.15) is 30.7 Å². The lowest BCUT2D eigenvalue weighted by atomic mass is 9.90. The molecule has 1 amide bonds.